The van der Waals surface area contributed by atoms with Gasteiger partial charge in [0.25, 0.3) is 0 Å². The number of hydrogen-bond donors (Lipinski definition) is 1. The zero-order valence-corrected chi connectivity index (χ0v) is 10.1. The fourth-order valence-corrected chi connectivity index (χ4v) is 2.18. The molecular weight excluding hydrogens is 192 g/mol. The van der Waals surface area contributed by atoms with E-state index in [1.54, 1.807) is 11.8 Å². The molecule has 1 aromatic rings. The SMILES string of the molecule is Cc1ccc(SCC(C)(C)O)c(C)c1. The molecule has 0 aliphatic heterocycles. The Kier molecular flexibility index (Phi) is 3.62. The molecule has 0 aliphatic rings. The van der Waals surface area contributed by atoms with Crippen LogP contribution in [0.5, 0.6) is 0 Å². The number of aliphatic hydroxyl groups is 1. The lowest BCUT2D eigenvalue weighted by Gasteiger charge is -2.17. The normalized spacial score (nSPS) is 11.8. The van der Waals surface area contributed by atoms with E-state index >= 15 is 0 Å². The van der Waals surface area contributed by atoms with Crippen LogP contribution in [-0.2, 0) is 0 Å². The third-order valence-corrected chi connectivity index (χ3v) is 3.53. The van der Waals surface area contributed by atoms with Crippen molar-refractivity contribution < 1.29 is 5.11 Å². The van der Waals surface area contributed by atoms with E-state index in [-0.39, 0.29) is 0 Å². The van der Waals surface area contributed by atoms with E-state index in [4.69, 9.17) is 0 Å². The monoisotopic (exact) mass is 210 g/mol. The van der Waals surface area contributed by atoms with Crippen molar-refractivity contribution in [2.24, 2.45) is 0 Å². The summed E-state index contributed by atoms with van der Waals surface area (Å²) in [4.78, 5) is 1.26. The molecule has 78 valence electrons. The maximum Gasteiger partial charge on any atom is 0.0685 e. The van der Waals surface area contributed by atoms with Crippen molar-refractivity contribution in [2.45, 2.75) is 38.2 Å². The molecule has 1 aromatic carbocycles. The van der Waals surface area contributed by atoms with Gasteiger partial charge in [-0.2, -0.15) is 0 Å². The summed E-state index contributed by atoms with van der Waals surface area (Å²) in [6, 6.07) is 6.41. The van der Waals surface area contributed by atoms with Gasteiger partial charge in [0.05, 0.1) is 5.60 Å². The van der Waals surface area contributed by atoms with Crippen molar-refractivity contribution in [1.29, 1.82) is 0 Å². The van der Waals surface area contributed by atoms with Crippen LogP contribution in [0.3, 0.4) is 0 Å². The highest BCUT2D eigenvalue weighted by atomic mass is 32.2. The molecule has 0 amide bonds. The summed E-state index contributed by atoms with van der Waals surface area (Å²) < 4.78 is 0. The molecule has 0 atom stereocenters. The second kappa shape index (κ2) is 4.37. The summed E-state index contributed by atoms with van der Waals surface area (Å²) >= 11 is 1.71. The van der Waals surface area contributed by atoms with Crippen molar-refractivity contribution >= 4 is 11.8 Å². The minimum Gasteiger partial charge on any atom is -0.390 e. The van der Waals surface area contributed by atoms with Gasteiger partial charge >= 0.3 is 0 Å². The lowest BCUT2D eigenvalue weighted by Crippen LogP contribution is -2.21. The van der Waals surface area contributed by atoms with E-state index in [0.717, 1.165) is 5.75 Å². The predicted molar refractivity (Wildman–Crippen MR) is 62.9 cm³/mol. The van der Waals surface area contributed by atoms with Gasteiger partial charge in [-0.15, -0.1) is 11.8 Å². The van der Waals surface area contributed by atoms with E-state index in [9.17, 15) is 5.11 Å². The quantitative estimate of drug-likeness (QED) is 0.773. The van der Waals surface area contributed by atoms with Gasteiger partial charge in [-0.25, -0.2) is 0 Å². The molecule has 0 radical (unpaired) electrons. The Morgan fingerprint density at radius 2 is 1.93 bits per heavy atom. The second-order valence-electron chi connectivity index (χ2n) is 4.37. The lowest BCUT2D eigenvalue weighted by molar-refractivity contribution is 0.107. The van der Waals surface area contributed by atoms with Gasteiger partial charge in [0.15, 0.2) is 0 Å². The van der Waals surface area contributed by atoms with Crippen LogP contribution in [0.25, 0.3) is 0 Å². The molecule has 1 rings (SSSR count). The maximum absolute atomic E-state index is 9.60. The Morgan fingerprint density at radius 3 is 2.43 bits per heavy atom. The smallest absolute Gasteiger partial charge is 0.0685 e. The zero-order valence-electron chi connectivity index (χ0n) is 9.29. The first-order valence-electron chi connectivity index (χ1n) is 4.81. The molecule has 0 heterocycles. The minimum atomic E-state index is -0.595. The molecular formula is C12H18OS. The van der Waals surface area contributed by atoms with Crippen LogP contribution in [0, 0.1) is 13.8 Å². The minimum absolute atomic E-state index is 0.595. The van der Waals surface area contributed by atoms with Gasteiger partial charge in [0.1, 0.15) is 0 Å². The Hall–Kier alpha value is -0.470. The first kappa shape index (κ1) is 11.6. The van der Waals surface area contributed by atoms with Crippen LogP contribution in [-0.4, -0.2) is 16.5 Å². The van der Waals surface area contributed by atoms with Gasteiger partial charge < -0.3 is 5.11 Å². The Morgan fingerprint density at radius 1 is 1.29 bits per heavy atom. The highest BCUT2D eigenvalue weighted by molar-refractivity contribution is 7.99. The molecule has 1 nitrogen and oxygen atoms in total. The molecule has 14 heavy (non-hydrogen) atoms. The summed E-state index contributed by atoms with van der Waals surface area (Å²) in [6.45, 7) is 7.88. The molecule has 0 bridgehead atoms. The fourth-order valence-electron chi connectivity index (χ4n) is 1.22. The largest absolute Gasteiger partial charge is 0.390 e. The summed E-state index contributed by atoms with van der Waals surface area (Å²) in [5.41, 5.74) is 1.98. The lowest BCUT2D eigenvalue weighted by atomic mass is 10.2. The van der Waals surface area contributed by atoms with Crippen LogP contribution >= 0.6 is 11.8 Å². The first-order chi connectivity index (χ1) is 6.38. The molecule has 0 aromatic heterocycles. The molecule has 0 saturated carbocycles. The van der Waals surface area contributed by atoms with Gasteiger partial charge in [-0.05, 0) is 39.3 Å². The Labute approximate surface area is 90.5 Å². The van der Waals surface area contributed by atoms with Crippen LogP contribution in [0.1, 0.15) is 25.0 Å². The molecule has 0 unspecified atom stereocenters. The van der Waals surface area contributed by atoms with Gasteiger partial charge in [-0.1, -0.05) is 17.7 Å². The number of thioether (sulfide) groups is 1. The number of aryl methyl sites for hydroxylation is 2. The van der Waals surface area contributed by atoms with E-state index < -0.39 is 5.60 Å². The second-order valence-corrected chi connectivity index (χ2v) is 5.39. The van der Waals surface area contributed by atoms with Crippen molar-refractivity contribution in [3.8, 4) is 0 Å². The zero-order chi connectivity index (χ0) is 10.8. The molecule has 2 heteroatoms. The van der Waals surface area contributed by atoms with Crippen LogP contribution in [0.2, 0.25) is 0 Å². The van der Waals surface area contributed by atoms with Crippen molar-refractivity contribution in [3.05, 3.63) is 29.3 Å². The van der Waals surface area contributed by atoms with Gasteiger partial charge in [0.2, 0.25) is 0 Å². The summed E-state index contributed by atoms with van der Waals surface area (Å²) in [6.07, 6.45) is 0. The molecule has 1 N–H and O–H groups in total. The van der Waals surface area contributed by atoms with Crippen LogP contribution in [0.4, 0.5) is 0 Å². The fraction of sp³-hybridized carbons (Fsp3) is 0.500. The third kappa shape index (κ3) is 3.72. The Balaban J connectivity index is 2.68. The van der Waals surface area contributed by atoms with E-state index in [2.05, 4.69) is 32.0 Å². The van der Waals surface area contributed by atoms with Gasteiger partial charge in [0, 0.05) is 10.6 Å². The van der Waals surface area contributed by atoms with Crippen LogP contribution < -0.4 is 0 Å². The van der Waals surface area contributed by atoms with E-state index in [0.29, 0.717) is 0 Å². The summed E-state index contributed by atoms with van der Waals surface area (Å²) in [5.74, 6) is 0.733. The first-order valence-corrected chi connectivity index (χ1v) is 5.79. The maximum atomic E-state index is 9.60. The van der Waals surface area contributed by atoms with Gasteiger partial charge in [-0.3, -0.25) is 0 Å². The number of benzene rings is 1. The third-order valence-electron chi connectivity index (χ3n) is 1.91. The summed E-state index contributed by atoms with van der Waals surface area (Å²) in [7, 11) is 0. The molecule has 0 fully saturated rings. The topological polar surface area (TPSA) is 20.2 Å². The van der Waals surface area contributed by atoms with E-state index in [1.807, 2.05) is 13.8 Å². The number of rotatable bonds is 3. The molecule has 0 spiro atoms. The molecule has 0 aliphatic carbocycles. The average Bonchev–Trinajstić information content (AvgIpc) is 2.00. The van der Waals surface area contributed by atoms with Crippen molar-refractivity contribution in [3.63, 3.8) is 0 Å². The average molecular weight is 210 g/mol. The van der Waals surface area contributed by atoms with Crippen molar-refractivity contribution in [1.82, 2.24) is 0 Å². The number of hydrogen-bond acceptors (Lipinski definition) is 2. The molecule has 0 saturated heterocycles. The predicted octanol–water partition coefficient (Wildman–Crippen LogP) is 3.17. The van der Waals surface area contributed by atoms with Crippen LogP contribution in [0.15, 0.2) is 23.1 Å². The highest BCUT2D eigenvalue weighted by Gasteiger charge is 2.13. The summed E-state index contributed by atoms with van der Waals surface area (Å²) in [5, 5.41) is 9.60. The Bertz CT molecular complexity index is 313. The standard InChI is InChI=1S/C12H18OS/c1-9-5-6-11(10(2)7-9)14-8-12(3,4)13/h5-7,13H,8H2,1-4H3. The highest BCUT2D eigenvalue weighted by Crippen LogP contribution is 2.26. The van der Waals surface area contributed by atoms with E-state index in [1.165, 1.54) is 16.0 Å². The van der Waals surface area contributed by atoms with Crippen molar-refractivity contribution in [2.75, 3.05) is 5.75 Å².